The van der Waals surface area contributed by atoms with Gasteiger partial charge in [0.05, 0.1) is 12.3 Å². The molecule has 0 aliphatic carbocycles. The molecule has 1 aromatic carbocycles. The predicted molar refractivity (Wildman–Crippen MR) is 107 cm³/mol. The first kappa shape index (κ1) is 21.7. The van der Waals surface area contributed by atoms with Crippen LogP contribution in [0, 0.1) is 12.8 Å². The SMILES string of the molecule is CCCCS(=O)(=O)N1CCC(C(=O)N(C)CCOc2cccc(C)c2)CC1. The Morgan fingerprint density at radius 3 is 2.63 bits per heavy atom. The van der Waals surface area contributed by atoms with Crippen molar-refractivity contribution in [2.75, 3.05) is 39.0 Å². The number of hydrogen-bond donors (Lipinski definition) is 0. The third-order valence-electron chi connectivity index (χ3n) is 5.01. The fraction of sp³-hybridized carbons (Fsp3) is 0.650. The fourth-order valence-corrected chi connectivity index (χ4v) is 4.94. The summed E-state index contributed by atoms with van der Waals surface area (Å²) in [6.07, 6.45) is 2.73. The highest BCUT2D eigenvalue weighted by atomic mass is 32.2. The molecule has 0 bridgehead atoms. The van der Waals surface area contributed by atoms with Crippen molar-refractivity contribution in [1.82, 2.24) is 9.21 Å². The summed E-state index contributed by atoms with van der Waals surface area (Å²) in [6.45, 7) is 5.83. The lowest BCUT2D eigenvalue weighted by molar-refractivity contribution is -0.135. The number of ether oxygens (including phenoxy) is 1. The zero-order valence-electron chi connectivity index (χ0n) is 16.7. The highest BCUT2D eigenvalue weighted by Gasteiger charge is 2.31. The Labute approximate surface area is 163 Å². The third kappa shape index (κ3) is 6.50. The molecule has 7 heteroatoms. The number of hydrogen-bond acceptors (Lipinski definition) is 4. The van der Waals surface area contributed by atoms with Gasteiger partial charge in [0.2, 0.25) is 15.9 Å². The average molecular weight is 397 g/mol. The maximum atomic E-state index is 12.6. The molecule has 6 nitrogen and oxygen atoms in total. The van der Waals surface area contributed by atoms with Crippen LogP contribution in [0.15, 0.2) is 24.3 Å². The number of benzene rings is 1. The van der Waals surface area contributed by atoms with Gasteiger partial charge in [-0.2, -0.15) is 0 Å². The molecule has 1 aromatic rings. The van der Waals surface area contributed by atoms with Crippen LogP contribution in [-0.2, 0) is 14.8 Å². The summed E-state index contributed by atoms with van der Waals surface area (Å²) in [5.74, 6) is 0.986. The van der Waals surface area contributed by atoms with E-state index in [1.165, 1.54) is 0 Å². The molecule has 1 aliphatic heterocycles. The zero-order valence-corrected chi connectivity index (χ0v) is 17.5. The van der Waals surface area contributed by atoms with Crippen LogP contribution >= 0.6 is 0 Å². The van der Waals surface area contributed by atoms with Crippen molar-refractivity contribution in [3.05, 3.63) is 29.8 Å². The number of carbonyl (C=O) groups is 1. The van der Waals surface area contributed by atoms with Crippen LogP contribution in [0.1, 0.15) is 38.2 Å². The zero-order chi connectivity index (χ0) is 19.9. The molecule has 1 aliphatic rings. The van der Waals surface area contributed by atoms with Crippen LogP contribution in [-0.4, -0.2) is 62.6 Å². The van der Waals surface area contributed by atoms with Crippen molar-refractivity contribution in [3.63, 3.8) is 0 Å². The van der Waals surface area contributed by atoms with Gasteiger partial charge in [0.1, 0.15) is 12.4 Å². The van der Waals surface area contributed by atoms with E-state index in [4.69, 9.17) is 4.74 Å². The van der Waals surface area contributed by atoms with Gasteiger partial charge in [-0.1, -0.05) is 25.5 Å². The molecule has 0 saturated carbocycles. The average Bonchev–Trinajstić information content (AvgIpc) is 2.66. The molecule has 0 radical (unpaired) electrons. The number of nitrogens with zero attached hydrogens (tertiary/aromatic N) is 2. The van der Waals surface area contributed by atoms with Gasteiger partial charge in [0.25, 0.3) is 0 Å². The summed E-state index contributed by atoms with van der Waals surface area (Å²) >= 11 is 0. The Hall–Kier alpha value is -1.60. The molecule has 1 saturated heterocycles. The standard InChI is InChI=1S/C20H32N2O4S/c1-4-5-15-27(24,25)22-11-9-18(10-12-22)20(23)21(3)13-14-26-19-8-6-7-17(2)16-19/h6-8,16,18H,4-5,9-15H2,1-3H3. The van der Waals surface area contributed by atoms with Gasteiger partial charge >= 0.3 is 0 Å². The molecular weight excluding hydrogens is 364 g/mol. The quantitative estimate of drug-likeness (QED) is 0.644. The molecule has 0 aromatic heterocycles. The number of piperidine rings is 1. The normalized spacial score (nSPS) is 16.3. The van der Waals surface area contributed by atoms with Crippen LogP contribution in [0.3, 0.4) is 0 Å². The van der Waals surface area contributed by atoms with Gasteiger partial charge in [-0.15, -0.1) is 0 Å². The molecule has 1 amide bonds. The van der Waals surface area contributed by atoms with Crippen molar-refractivity contribution in [2.45, 2.75) is 39.5 Å². The second kappa shape index (κ2) is 10.1. The molecule has 0 unspecified atom stereocenters. The highest BCUT2D eigenvalue weighted by Crippen LogP contribution is 2.22. The van der Waals surface area contributed by atoms with E-state index in [0.717, 1.165) is 17.7 Å². The lowest BCUT2D eigenvalue weighted by Gasteiger charge is -2.32. The minimum absolute atomic E-state index is 0.0773. The lowest BCUT2D eigenvalue weighted by atomic mass is 9.97. The van der Waals surface area contributed by atoms with Gasteiger partial charge in [-0.25, -0.2) is 12.7 Å². The van der Waals surface area contributed by atoms with Gasteiger partial charge in [0, 0.05) is 26.1 Å². The van der Waals surface area contributed by atoms with Crippen LogP contribution in [0.2, 0.25) is 0 Å². The van der Waals surface area contributed by atoms with E-state index in [9.17, 15) is 13.2 Å². The minimum Gasteiger partial charge on any atom is -0.492 e. The van der Waals surface area contributed by atoms with Crippen molar-refractivity contribution in [2.24, 2.45) is 5.92 Å². The van der Waals surface area contributed by atoms with Crippen molar-refractivity contribution < 1.29 is 17.9 Å². The van der Waals surface area contributed by atoms with Crippen molar-refractivity contribution in [1.29, 1.82) is 0 Å². The van der Waals surface area contributed by atoms with Gasteiger partial charge in [-0.3, -0.25) is 4.79 Å². The van der Waals surface area contributed by atoms with E-state index in [-0.39, 0.29) is 17.6 Å². The number of carbonyl (C=O) groups excluding carboxylic acids is 1. The largest absolute Gasteiger partial charge is 0.492 e. The molecule has 27 heavy (non-hydrogen) atoms. The predicted octanol–water partition coefficient (Wildman–Crippen LogP) is 2.67. The summed E-state index contributed by atoms with van der Waals surface area (Å²) in [4.78, 5) is 14.3. The molecule has 2 rings (SSSR count). The number of unbranched alkanes of at least 4 members (excludes halogenated alkanes) is 1. The Kier molecular flexibility index (Phi) is 8.10. The second-order valence-electron chi connectivity index (χ2n) is 7.27. The van der Waals surface area contributed by atoms with Crippen molar-refractivity contribution in [3.8, 4) is 5.75 Å². The molecule has 0 spiro atoms. The molecule has 0 atom stereocenters. The number of rotatable bonds is 9. The highest BCUT2D eigenvalue weighted by molar-refractivity contribution is 7.89. The van der Waals surface area contributed by atoms with E-state index >= 15 is 0 Å². The number of aryl methyl sites for hydroxylation is 1. The van der Waals surface area contributed by atoms with Gasteiger partial charge < -0.3 is 9.64 Å². The molecule has 1 fully saturated rings. The maximum Gasteiger partial charge on any atom is 0.225 e. The van der Waals surface area contributed by atoms with Crippen LogP contribution in [0.4, 0.5) is 0 Å². The van der Waals surface area contributed by atoms with Crippen LogP contribution in [0.5, 0.6) is 5.75 Å². The van der Waals surface area contributed by atoms with E-state index in [2.05, 4.69) is 0 Å². The van der Waals surface area contributed by atoms with Gasteiger partial charge in [0.15, 0.2) is 0 Å². The first-order valence-corrected chi connectivity index (χ1v) is 11.4. The lowest BCUT2D eigenvalue weighted by Crippen LogP contribution is -2.44. The second-order valence-corrected chi connectivity index (χ2v) is 9.36. The van der Waals surface area contributed by atoms with E-state index < -0.39 is 10.0 Å². The minimum atomic E-state index is -3.17. The summed E-state index contributed by atoms with van der Waals surface area (Å²) in [6, 6.07) is 7.83. The molecule has 152 valence electrons. The Bertz CT molecular complexity index is 712. The van der Waals surface area contributed by atoms with Crippen LogP contribution in [0.25, 0.3) is 0 Å². The van der Waals surface area contributed by atoms with Crippen molar-refractivity contribution >= 4 is 15.9 Å². The number of amides is 1. The summed E-state index contributed by atoms with van der Waals surface area (Å²) in [5, 5.41) is 0. The molecule has 1 heterocycles. The smallest absolute Gasteiger partial charge is 0.225 e. The molecule has 0 N–H and O–H groups in total. The Balaban J connectivity index is 1.76. The maximum absolute atomic E-state index is 12.6. The van der Waals surface area contributed by atoms with E-state index in [0.29, 0.717) is 45.5 Å². The van der Waals surface area contributed by atoms with E-state index in [1.54, 1.807) is 16.3 Å². The van der Waals surface area contributed by atoms with Crippen LogP contribution < -0.4 is 4.74 Å². The first-order valence-electron chi connectivity index (χ1n) is 9.75. The van der Waals surface area contributed by atoms with Gasteiger partial charge in [-0.05, 0) is 43.9 Å². The summed E-state index contributed by atoms with van der Waals surface area (Å²) in [7, 11) is -1.39. The summed E-state index contributed by atoms with van der Waals surface area (Å²) < 4.78 is 31.8. The topological polar surface area (TPSA) is 66.9 Å². The third-order valence-corrected chi connectivity index (χ3v) is 6.97. The number of likely N-dealkylation sites (N-methyl/N-ethyl adjacent to an activating group) is 1. The molecular formula is C20H32N2O4S. The number of sulfonamides is 1. The Morgan fingerprint density at radius 2 is 2.00 bits per heavy atom. The monoisotopic (exact) mass is 396 g/mol. The summed E-state index contributed by atoms with van der Waals surface area (Å²) in [5.41, 5.74) is 1.14. The fourth-order valence-electron chi connectivity index (χ4n) is 3.26. The Morgan fingerprint density at radius 1 is 1.30 bits per heavy atom. The first-order chi connectivity index (χ1) is 12.8. The van der Waals surface area contributed by atoms with E-state index in [1.807, 2.05) is 38.1 Å².